The van der Waals surface area contributed by atoms with Crippen LogP contribution in [-0.2, 0) is 24.4 Å². The highest BCUT2D eigenvalue weighted by Gasteiger charge is 2.38. The number of aryl methyl sites for hydroxylation is 2. The third-order valence-corrected chi connectivity index (χ3v) is 3.88. The lowest BCUT2D eigenvalue weighted by atomic mass is 10.1. The molecule has 0 amide bonds. The van der Waals surface area contributed by atoms with Gasteiger partial charge in [0.15, 0.2) is 0 Å². The fourth-order valence-electron chi connectivity index (χ4n) is 2.27. The Kier molecular flexibility index (Phi) is 9.33. The average molecular weight is 415 g/mol. The highest BCUT2D eigenvalue weighted by molar-refractivity contribution is 5.87. The molecule has 160 valence electrons. The summed E-state index contributed by atoms with van der Waals surface area (Å²) in [6.45, 7) is 6.64. The van der Waals surface area contributed by atoms with Crippen LogP contribution in [0, 0.1) is 6.92 Å². The van der Waals surface area contributed by atoms with Gasteiger partial charge in [-0.3, -0.25) is 4.68 Å². The highest BCUT2D eigenvalue weighted by atomic mass is 19.4. The number of carboxylic acid groups (broad SMARTS) is 2. The number of nitrogens with one attached hydrogen (secondary N) is 1. The van der Waals surface area contributed by atoms with E-state index in [1.165, 1.54) is 12.0 Å². The summed E-state index contributed by atoms with van der Waals surface area (Å²) in [6, 6.07) is 6.95. The summed E-state index contributed by atoms with van der Waals surface area (Å²) < 4.78 is 33.7. The predicted octanol–water partition coefficient (Wildman–Crippen LogP) is 3.61. The molecule has 0 aliphatic carbocycles. The second kappa shape index (κ2) is 11.2. The Balaban J connectivity index is 0.000000516. The highest BCUT2D eigenvalue weighted by Crippen LogP contribution is 2.13. The Morgan fingerprint density at radius 1 is 1.14 bits per heavy atom. The van der Waals surface area contributed by atoms with Crippen molar-refractivity contribution < 1.29 is 33.0 Å². The van der Waals surface area contributed by atoms with Gasteiger partial charge < -0.3 is 15.5 Å². The summed E-state index contributed by atoms with van der Waals surface area (Å²) in [5, 5.41) is 23.9. The first-order chi connectivity index (χ1) is 13.5. The summed E-state index contributed by atoms with van der Waals surface area (Å²) in [5.41, 5.74) is 3.65. The van der Waals surface area contributed by atoms with Gasteiger partial charge in [0.2, 0.25) is 0 Å². The standard InChI is InChI=1S/C17H23N3O2.C2HF3O2/c1-3-4-9-20-12-16(13(2)19-20)11-18-10-14-5-7-15(8-6-14)17(21)22;3-2(4,5)1(6)7/h5-8,12,18H,3-4,9-11H2,1-2H3,(H,21,22);(H,6,7). The maximum Gasteiger partial charge on any atom is 0.490 e. The van der Waals surface area contributed by atoms with Crippen LogP contribution in [0.1, 0.15) is 46.9 Å². The number of unbranched alkanes of at least 4 members (excludes halogenated alkanes) is 1. The van der Waals surface area contributed by atoms with Crippen LogP contribution in [-0.4, -0.2) is 38.1 Å². The van der Waals surface area contributed by atoms with Crippen molar-refractivity contribution in [1.82, 2.24) is 15.1 Å². The molecule has 1 heterocycles. The Bertz CT molecular complexity index is 802. The number of rotatable bonds is 8. The lowest BCUT2D eigenvalue weighted by Gasteiger charge is -2.04. The molecule has 0 aliphatic heterocycles. The molecular weight excluding hydrogens is 391 g/mol. The third-order valence-electron chi connectivity index (χ3n) is 3.88. The minimum atomic E-state index is -5.08. The second-order valence-corrected chi connectivity index (χ2v) is 6.26. The molecule has 0 aliphatic rings. The first-order valence-corrected chi connectivity index (χ1v) is 8.90. The first-order valence-electron chi connectivity index (χ1n) is 8.90. The van der Waals surface area contributed by atoms with Crippen molar-refractivity contribution in [3.63, 3.8) is 0 Å². The molecule has 3 N–H and O–H groups in total. The largest absolute Gasteiger partial charge is 0.490 e. The lowest BCUT2D eigenvalue weighted by molar-refractivity contribution is -0.192. The van der Waals surface area contributed by atoms with Gasteiger partial charge in [0, 0.05) is 31.4 Å². The maximum atomic E-state index is 10.8. The minimum Gasteiger partial charge on any atom is -0.478 e. The van der Waals surface area contributed by atoms with Crippen LogP contribution in [0.4, 0.5) is 13.2 Å². The van der Waals surface area contributed by atoms with Gasteiger partial charge in [-0.25, -0.2) is 9.59 Å². The zero-order chi connectivity index (χ0) is 22.0. The normalized spacial score (nSPS) is 10.9. The molecule has 0 atom stereocenters. The van der Waals surface area contributed by atoms with Crippen LogP contribution in [0.2, 0.25) is 0 Å². The zero-order valence-corrected chi connectivity index (χ0v) is 16.2. The number of alkyl halides is 3. The van der Waals surface area contributed by atoms with E-state index in [-0.39, 0.29) is 0 Å². The molecule has 1 aromatic carbocycles. The van der Waals surface area contributed by atoms with E-state index in [4.69, 9.17) is 15.0 Å². The summed E-state index contributed by atoms with van der Waals surface area (Å²) in [6.07, 6.45) is -0.672. The molecule has 7 nitrogen and oxygen atoms in total. The number of aromatic nitrogens is 2. The molecule has 2 aromatic rings. The fraction of sp³-hybridized carbons (Fsp3) is 0.421. The van der Waals surface area contributed by atoms with Crippen molar-refractivity contribution in [2.75, 3.05) is 0 Å². The maximum absolute atomic E-state index is 10.8. The Hall–Kier alpha value is -2.88. The van der Waals surface area contributed by atoms with E-state index in [0.29, 0.717) is 12.1 Å². The SMILES string of the molecule is CCCCn1cc(CNCc2ccc(C(=O)O)cc2)c(C)n1.O=C(O)C(F)(F)F. The molecular formula is C19H24F3N3O4. The van der Waals surface area contributed by atoms with E-state index in [2.05, 4.69) is 23.5 Å². The number of hydrogen-bond acceptors (Lipinski definition) is 4. The van der Waals surface area contributed by atoms with Crippen LogP contribution < -0.4 is 5.32 Å². The molecule has 0 radical (unpaired) electrons. The lowest BCUT2D eigenvalue weighted by Crippen LogP contribution is -2.21. The van der Waals surface area contributed by atoms with Crippen molar-refractivity contribution in [3.05, 3.63) is 52.8 Å². The quantitative estimate of drug-likeness (QED) is 0.608. The van der Waals surface area contributed by atoms with Crippen molar-refractivity contribution in [2.45, 2.75) is 52.5 Å². The molecule has 0 fully saturated rings. The van der Waals surface area contributed by atoms with Gasteiger partial charge in [-0.15, -0.1) is 0 Å². The molecule has 0 saturated heterocycles. The number of carboxylic acids is 2. The van der Waals surface area contributed by atoms with E-state index >= 15 is 0 Å². The van der Waals surface area contributed by atoms with Crippen LogP contribution in [0.15, 0.2) is 30.5 Å². The molecule has 0 unspecified atom stereocenters. The number of aromatic carboxylic acids is 1. The third kappa shape index (κ3) is 8.77. The molecule has 0 bridgehead atoms. The number of benzene rings is 1. The Morgan fingerprint density at radius 2 is 1.72 bits per heavy atom. The number of nitrogens with zero attached hydrogens (tertiary/aromatic N) is 2. The number of carbonyl (C=O) groups is 2. The molecule has 0 saturated carbocycles. The van der Waals surface area contributed by atoms with Crippen LogP contribution in [0.5, 0.6) is 0 Å². The second-order valence-electron chi connectivity index (χ2n) is 6.26. The molecule has 2 rings (SSSR count). The Labute approximate surface area is 166 Å². The van der Waals surface area contributed by atoms with Crippen molar-refractivity contribution in [3.8, 4) is 0 Å². The minimum absolute atomic E-state index is 0.316. The fourth-order valence-corrected chi connectivity index (χ4v) is 2.27. The van der Waals surface area contributed by atoms with Gasteiger partial charge in [0.1, 0.15) is 0 Å². The van der Waals surface area contributed by atoms with E-state index < -0.39 is 18.1 Å². The van der Waals surface area contributed by atoms with Gasteiger partial charge in [0.05, 0.1) is 11.3 Å². The van der Waals surface area contributed by atoms with E-state index in [1.54, 1.807) is 12.1 Å². The smallest absolute Gasteiger partial charge is 0.478 e. The molecule has 10 heteroatoms. The number of hydrogen-bond donors (Lipinski definition) is 3. The monoisotopic (exact) mass is 415 g/mol. The zero-order valence-electron chi connectivity index (χ0n) is 16.2. The van der Waals surface area contributed by atoms with E-state index in [0.717, 1.165) is 30.8 Å². The number of aliphatic carboxylic acids is 1. The van der Waals surface area contributed by atoms with Crippen molar-refractivity contribution in [1.29, 1.82) is 0 Å². The summed E-state index contributed by atoms with van der Waals surface area (Å²) in [5.74, 6) is -3.65. The summed E-state index contributed by atoms with van der Waals surface area (Å²) in [7, 11) is 0. The summed E-state index contributed by atoms with van der Waals surface area (Å²) >= 11 is 0. The number of halogens is 3. The van der Waals surface area contributed by atoms with Crippen LogP contribution in [0.3, 0.4) is 0 Å². The van der Waals surface area contributed by atoms with Crippen LogP contribution >= 0.6 is 0 Å². The van der Waals surface area contributed by atoms with Gasteiger partial charge in [-0.2, -0.15) is 18.3 Å². The van der Waals surface area contributed by atoms with E-state index in [9.17, 15) is 18.0 Å². The van der Waals surface area contributed by atoms with Gasteiger partial charge in [-0.1, -0.05) is 25.5 Å². The topological polar surface area (TPSA) is 104 Å². The van der Waals surface area contributed by atoms with Gasteiger partial charge in [0.25, 0.3) is 0 Å². The predicted molar refractivity (Wildman–Crippen MR) is 99.5 cm³/mol. The first kappa shape index (κ1) is 24.2. The summed E-state index contributed by atoms with van der Waals surface area (Å²) in [4.78, 5) is 19.7. The molecule has 29 heavy (non-hydrogen) atoms. The Morgan fingerprint density at radius 3 is 2.21 bits per heavy atom. The van der Waals surface area contributed by atoms with Crippen LogP contribution in [0.25, 0.3) is 0 Å². The molecule has 0 spiro atoms. The average Bonchev–Trinajstić information content (AvgIpc) is 3.00. The van der Waals surface area contributed by atoms with Crippen molar-refractivity contribution in [2.24, 2.45) is 0 Å². The van der Waals surface area contributed by atoms with Crippen molar-refractivity contribution >= 4 is 11.9 Å². The van der Waals surface area contributed by atoms with Gasteiger partial charge in [-0.05, 0) is 31.0 Å². The van der Waals surface area contributed by atoms with E-state index in [1.807, 2.05) is 23.7 Å². The molecule has 1 aromatic heterocycles. The van der Waals surface area contributed by atoms with Gasteiger partial charge >= 0.3 is 18.1 Å².